The molecule has 18 heavy (non-hydrogen) atoms. The Balaban J connectivity index is 2.27. The lowest BCUT2D eigenvalue weighted by Gasteiger charge is -2.15. The summed E-state index contributed by atoms with van der Waals surface area (Å²) >= 11 is 0. The van der Waals surface area contributed by atoms with Gasteiger partial charge >= 0.3 is 0 Å². The molecular formula is C15H25N2O+. The number of hydrogen-bond donors (Lipinski definition) is 2. The molecule has 0 saturated carbocycles. The molecule has 2 N–H and O–H groups in total. The van der Waals surface area contributed by atoms with Gasteiger partial charge in [-0.1, -0.05) is 17.7 Å². The number of amides is 1. The minimum absolute atomic E-state index is 0.0320. The first-order chi connectivity index (χ1) is 8.67. The first kappa shape index (κ1) is 14.7. The van der Waals surface area contributed by atoms with Crippen molar-refractivity contribution in [1.82, 2.24) is 5.32 Å². The highest BCUT2D eigenvalue weighted by Gasteiger charge is 2.05. The molecule has 0 aromatic heterocycles. The summed E-state index contributed by atoms with van der Waals surface area (Å²) in [6.07, 6.45) is 1.04. The maximum Gasteiger partial charge on any atom is 0.251 e. The first-order valence-electron chi connectivity index (χ1n) is 6.85. The quantitative estimate of drug-likeness (QED) is 0.696. The third kappa shape index (κ3) is 4.88. The molecule has 0 unspecified atom stereocenters. The molecule has 0 saturated heterocycles. The van der Waals surface area contributed by atoms with E-state index in [-0.39, 0.29) is 5.91 Å². The Kier molecular flexibility index (Phi) is 6.44. The zero-order valence-electron chi connectivity index (χ0n) is 11.8. The van der Waals surface area contributed by atoms with Gasteiger partial charge in [-0.05, 0) is 32.9 Å². The molecule has 0 atom stereocenters. The van der Waals surface area contributed by atoms with Crippen LogP contribution in [0.2, 0.25) is 0 Å². The fourth-order valence-electron chi connectivity index (χ4n) is 1.95. The third-order valence-corrected chi connectivity index (χ3v) is 3.31. The van der Waals surface area contributed by atoms with Gasteiger partial charge in [0.25, 0.3) is 5.91 Å². The number of quaternary nitrogens is 1. The average Bonchev–Trinajstić information content (AvgIpc) is 2.39. The highest BCUT2D eigenvalue weighted by molar-refractivity contribution is 5.94. The molecule has 0 radical (unpaired) electrons. The van der Waals surface area contributed by atoms with E-state index in [0.717, 1.165) is 38.2 Å². The molecule has 0 aliphatic rings. The highest BCUT2D eigenvalue weighted by Crippen LogP contribution is 2.02. The van der Waals surface area contributed by atoms with Crippen LogP contribution in [0.25, 0.3) is 0 Å². The summed E-state index contributed by atoms with van der Waals surface area (Å²) in [5, 5.41) is 2.97. The van der Waals surface area contributed by atoms with Crippen molar-refractivity contribution >= 4 is 5.91 Å². The average molecular weight is 249 g/mol. The predicted octanol–water partition coefficient (Wildman–Crippen LogP) is 1.04. The second kappa shape index (κ2) is 7.88. The number of nitrogens with one attached hydrogen (secondary N) is 2. The fourth-order valence-corrected chi connectivity index (χ4v) is 1.95. The van der Waals surface area contributed by atoms with Crippen molar-refractivity contribution in [3.05, 3.63) is 35.4 Å². The maximum atomic E-state index is 11.8. The largest absolute Gasteiger partial charge is 0.352 e. The topological polar surface area (TPSA) is 33.5 Å². The monoisotopic (exact) mass is 249 g/mol. The van der Waals surface area contributed by atoms with Crippen molar-refractivity contribution in [1.29, 1.82) is 0 Å². The van der Waals surface area contributed by atoms with Crippen LogP contribution in [-0.4, -0.2) is 32.1 Å². The number of benzene rings is 1. The zero-order chi connectivity index (χ0) is 13.4. The number of carbonyl (C=O) groups is 1. The van der Waals surface area contributed by atoms with Crippen molar-refractivity contribution in [2.24, 2.45) is 0 Å². The molecule has 0 bridgehead atoms. The Morgan fingerprint density at radius 2 is 1.78 bits per heavy atom. The molecule has 1 aromatic rings. The Morgan fingerprint density at radius 1 is 1.17 bits per heavy atom. The first-order valence-corrected chi connectivity index (χ1v) is 6.85. The normalized spacial score (nSPS) is 10.7. The Bertz CT molecular complexity index is 355. The van der Waals surface area contributed by atoms with Crippen molar-refractivity contribution in [3.8, 4) is 0 Å². The molecule has 1 rings (SSSR count). The summed E-state index contributed by atoms with van der Waals surface area (Å²) in [7, 11) is 0. The fraction of sp³-hybridized carbons (Fsp3) is 0.533. The molecule has 3 nitrogen and oxygen atoms in total. The summed E-state index contributed by atoms with van der Waals surface area (Å²) < 4.78 is 0. The molecular weight excluding hydrogens is 224 g/mol. The van der Waals surface area contributed by atoms with Crippen LogP contribution >= 0.6 is 0 Å². The van der Waals surface area contributed by atoms with E-state index in [9.17, 15) is 4.79 Å². The van der Waals surface area contributed by atoms with Gasteiger partial charge in [0.2, 0.25) is 0 Å². The Hall–Kier alpha value is -1.35. The number of carbonyl (C=O) groups excluding carboxylic acids is 1. The minimum atomic E-state index is 0.0320. The molecule has 0 spiro atoms. The minimum Gasteiger partial charge on any atom is -0.352 e. The molecule has 0 aliphatic carbocycles. The van der Waals surface area contributed by atoms with Crippen LogP contribution in [0, 0.1) is 6.92 Å². The van der Waals surface area contributed by atoms with Crippen molar-refractivity contribution in [3.63, 3.8) is 0 Å². The molecule has 100 valence electrons. The van der Waals surface area contributed by atoms with Crippen molar-refractivity contribution < 1.29 is 9.69 Å². The summed E-state index contributed by atoms with van der Waals surface area (Å²) in [6, 6.07) is 7.69. The van der Waals surface area contributed by atoms with Crippen LogP contribution in [0.5, 0.6) is 0 Å². The lowest BCUT2D eigenvalue weighted by atomic mass is 10.1. The van der Waals surface area contributed by atoms with E-state index >= 15 is 0 Å². The van der Waals surface area contributed by atoms with Crippen LogP contribution < -0.4 is 10.2 Å². The number of hydrogen-bond acceptors (Lipinski definition) is 1. The van der Waals surface area contributed by atoms with Crippen LogP contribution in [0.3, 0.4) is 0 Å². The van der Waals surface area contributed by atoms with Gasteiger partial charge in [0.15, 0.2) is 0 Å². The van der Waals surface area contributed by atoms with E-state index in [2.05, 4.69) is 19.2 Å². The Labute approximate surface area is 110 Å². The SMILES string of the molecule is CC[NH+](CC)CCCNC(=O)c1ccc(C)cc1. The Morgan fingerprint density at radius 3 is 2.33 bits per heavy atom. The second-order valence-corrected chi connectivity index (χ2v) is 4.68. The number of aryl methyl sites for hydroxylation is 1. The van der Waals surface area contributed by atoms with E-state index in [4.69, 9.17) is 0 Å². The van der Waals surface area contributed by atoms with E-state index in [1.807, 2.05) is 31.2 Å². The van der Waals surface area contributed by atoms with Crippen LogP contribution in [0.1, 0.15) is 36.2 Å². The third-order valence-electron chi connectivity index (χ3n) is 3.31. The van der Waals surface area contributed by atoms with Gasteiger partial charge in [0, 0.05) is 18.5 Å². The standard InChI is InChI=1S/C15H24N2O/c1-4-17(5-2)12-6-11-16-15(18)14-9-7-13(3)8-10-14/h7-10H,4-6,11-12H2,1-3H3,(H,16,18)/p+1. The second-order valence-electron chi connectivity index (χ2n) is 4.68. The van der Waals surface area contributed by atoms with E-state index < -0.39 is 0 Å². The van der Waals surface area contributed by atoms with Gasteiger partial charge in [-0.15, -0.1) is 0 Å². The predicted molar refractivity (Wildman–Crippen MR) is 75.0 cm³/mol. The van der Waals surface area contributed by atoms with Gasteiger partial charge in [0.1, 0.15) is 0 Å². The lowest BCUT2D eigenvalue weighted by molar-refractivity contribution is -0.896. The van der Waals surface area contributed by atoms with Gasteiger partial charge in [0.05, 0.1) is 19.6 Å². The molecule has 0 fully saturated rings. The van der Waals surface area contributed by atoms with Crippen molar-refractivity contribution in [2.75, 3.05) is 26.2 Å². The van der Waals surface area contributed by atoms with Crippen LogP contribution in [0.15, 0.2) is 24.3 Å². The summed E-state index contributed by atoms with van der Waals surface area (Å²) in [6.45, 7) is 10.6. The van der Waals surface area contributed by atoms with Crippen LogP contribution in [0.4, 0.5) is 0 Å². The summed E-state index contributed by atoms with van der Waals surface area (Å²) in [5.41, 5.74) is 1.92. The van der Waals surface area contributed by atoms with E-state index in [0.29, 0.717) is 0 Å². The molecule has 3 heteroatoms. The number of rotatable bonds is 7. The van der Waals surface area contributed by atoms with Gasteiger partial charge in [-0.2, -0.15) is 0 Å². The summed E-state index contributed by atoms with van der Waals surface area (Å²) in [4.78, 5) is 13.4. The highest BCUT2D eigenvalue weighted by atomic mass is 16.1. The maximum absolute atomic E-state index is 11.8. The van der Waals surface area contributed by atoms with Gasteiger partial charge in [-0.25, -0.2) is 0 Å². The lowest BCUT2D eigenvalue weighted by Crippen LogP contribution is -3.11. The van der Waals surface area contributed by atoms with Gasteiger partial charge in [-0.3, -0.25) is 4.79 Å². The zero-order valence-corrected chi connectivity index (χ0v) is 11.8. The van der Waals surface area contributed by atoms with Crippen LogP contribution in [-0.2, 0) is 0 Å². The molecule has 1 amide bonds. The summed E-state index contributed by atoms with van der Waals surface area (Å²) in [5.74, 6) is 0.0320. The van der Waals surface area contributed by atoms with E-state index in [1.54, 1.807) is 4.90 Å². The van der Waals surface area contributed by atoms with Crippen molar-refractivity contribution in [2.45, 2.75) is 27.2 Å². The van der Waals surface area contributed by atoms with E-state index in [1.165, 1.54) is 5.56 Å². The molecule has 0 heterocycles. The molecule has 1 aromatic carbocycles. The van der Waals surface area contributed by atoms with Gasteiger partial charge < -0.3 is 10.2 Å². The smallest absolute Gasteiger partial charge is 0.251 e. The molecule has 0 aliphatic heterocycles.